The van der Waals surface area contributed by atoms with Crippen LogP contribution in [0.25, 0.3) is 0 Å². The molecule has 1 heterocycles. The number of nitrogens with zero attached hydrogens (tertiary/aromatic N) is 1. The van der Waals surface area contributed by atoms with E-state index in [1.54, 1.807) is 18.2 Å². The summed E-state index contributed by atoms with van der Waals surface area (Å²) in [4.78, 5) is 14.9. The summed E-state index contributed by atoms with van der Waals surface area (Å²) in [6.45, 7) is 7.66. The second-order valence-corrected chi connectivity index (χ2v) is 6.42. The maximum absolute atomic E-state index is 12.7. The number of para-hydroxylation sites is 2. The Bertz CT molecular complexity index is 809. The molecule has 0 radical (unpaired) electrons. The molecule has 0 saturated carbocycles. The zero-order valence-corrected chi connectivity index (χ0v) is 16.2. The second-order valence-electron chi connectivity index (χ2n) is 6.02. The van der Waals surface area contributed by atoms with Gasteiger partial charge in [0.2, 0.25) is 6.79 Å². The summed E-state index contributed by atoms with van der Waals surface area (Å²) in [5.74, 6) is 1.27. The van der Waals surface area contributed by atoms with E-state index in [-0.39, 0.29) is 12.7 Å². The molecule has 3 rings (SSSR count). The summed E-state index contributed by atoms with van der Waals surface area (Å²) in [5.41, 5.74) is 0.998. The molecule has 0 bridgehead atoms. The van der Waals surface area contributed by atoms with E-state index >= 15 is 0 Å². The van der Waals surface area contributed by atoms with Crippen LogP contribution in [0.2, 0.25) is 5.02 Å². The van der Waals surface area contributed by atoms with Crippen LogP contribution in [0.15, 0.2) is 36.4 Å². The van der Waals surface area contributed by atoms with Gasteiger partial charge >= 0.3 is 0 Å². The highest BCUT2D eigenvalue weighted by atomic mass is 35.5. The summed E-state index contributed by atoms with van der Waals surface area (Å²) in [7, 11) is 0. The first kappa shape index (κ1) is 19.3. The van der Waals surface area contributed by atoms with Gasteiger partial charge < -0.3 is 24.4 Å². The van der Waals surface area contributed by atoms with Crippen LogP contribution in [-0.2, 0) is 0 Å². The van der Waals surface area contributed by atoms with Gasteiger partial charge in [-0.2, -0.15) is 0 Å². The van der Waals surface area contributed by atoms with Gasteiger partial charge in [-0.25, -0.2) is 0 Å². The van der Waals surface area contributed by atoms with Crippen molar-refractivity contribution in [2.75, 3.05) is 38.4 Å². The number of hydrogen-bond acceptors (Lipinski definition) is 5. The van der Waals surface area contributed by atoms with Gasteiger partial charge in [-0.3, -0.25) is 4.79 Å². The maximum atomic E-state index is 12.7. The largest absolute Gasteiger partial charge is 0.490 e. The number of benzene rings is 2. The molecule has 1 amide bonds. The average Bonchev–Trinajstić information content (AvgIpc) is 3.16. The predicted molar refractivity (Wildman–Crippen MR) is 105 cm³/mol. The van der Waals surface area contributed by atoms with Gasteiger partial charge in [0.1, 0.15) is 12.4 Å². The molecule has 0 aromatic heterocycles. The van der Waals surface area contributed by atoms with Gasteiger partial charge in [0.25, 0.3) is 5.91 Å². The molecule has 0 aliphatic carbocycles. The van der Waals surface area contributed by atoms with Crippen molar-refractivity contribution in [3.05, 3.63) is 47.0 Å². The van der Waals surface area contributed by atoms with Crippen molar-refractivity contribution in [1.82, 2.24) is 4.90 Å². The van der Waals surface area contributed by atoms with Crippen LogP contribution < -0.4 is 19.5 Å². The summed E-state index contributed by atoms with van der Waals surface area (Å²) in [6, 6.07) is 10.5. The first-order valence-corrected chi connectivity index (χ1v) is 9.34. The number of halogens is 1. The molecule has 0 fully saturated rings. The van der Waals surface area contributed by atoms with Crippen LogP contribution in [0.3, 0.4) is 0 Å². The molecule has 0 unspecified atom stereocenters. The Morgan fingerprint density at radius 2 is 2.00 bits per heavy atom. The van der Waals surface area contributed by atoms with Crippen molar-refractivity contribution in [3.63, 3.8) is 0 Å². The third-order valence-electron chi connectivity index (χ3n) is 4.38. The molecule has 1 N–H and O–H groups in total. The monoisotopic (exact) mass is 390 g/mol. The summed E-state index contributed by atoms with van der Waals surface area (Å²) < 4.78 is 16.5. The zero-order valence-electron chi connectivity index (χ0n) is 15.5. The highest BCUT2D eigenvalue weighted by Gasteiger charge is 2.21. The Labute approximate surface area is 164 Å². The predicted octanol–water partition coefficient (Wildman–Crippen LogP) is 4.04. The Hall–Kier alpha value is -2.44. The van der Waals surface area contributed by atoms with Gasteiger partial charge in [-0.15, -0.1) is 0 Å². The summed E-state index contributed by atoms with van der Waals surface area (Å²) in [6.07, 6.45) is 0. The normalized spacial score (nSPS) is 12.3. The molecule has 1 aliphatic rings. The zero-order chi connectivity index (χ0) is 19.2. The molecule has 0 saturated heterocycles. The number of ether oxygens (including phenoxy) is 3. The molecule has 2 aromatic carbocycles. The van der Waals surface area contributed by atoms with Gasteiger partial charge in [-0.05, 0) is 37.4 Å². The number of rotatable bonds is 8. The van der Waals surface area contributed by atoms with Crippen molar-refractivity contribution in [3.8, 4) is 17.2 Å². The lowest BCUT2D eigenvalue weighted by Crippen LogP contribution is -2.28. The van der Waals surface area contributed by atoms with Crippen LogP contribution in [0.5, 0.6) is 17.2 Å². The number of carbonyl (C=O) groups is 1. The van der Waals surface area contributed by atoms with Crippen molar-refractivity contribution < 1.29 is 19.0 Å². The van der Waals surface area contributed by atoms with Gasteiger partial charge in [0.05, 0.1) is 10.7 Å². The fourth-order valence-corrected chi connectivity index (χ4v) is 3.08. The minimum Gasteiger partial charge on any atom is -0.490 e. The van der Waals surface area contributed by atoms with Gasteiger partial charge in [0, 0.05) is 12.1 Å². The molecule has 27 heavy (non-hydrogen) atoms. The van der Waals surface area contributed by atoms with Crippen LogP contribution in [0, 0.1) is 0 Å². The third kappa shape index (κ3) is 4.64. The molecule has 2 aromatic rings. The van der Waals surface area contributed by atoms with E-state index in [4.69, 9.17) is 25.8 Å². The summed E-state index contributed by atoms with van der Waals surface area (Å²) in [5, 5.41) is 3.22. The topological polar surface area (TPSA) is 60.0 Å². The number of anilines is 1. The third-order valence-corrected chi connectivity index (χ3v) is 4.66. The molecule has 0 spiro atoms. The van der Waals surface area contributed by atoms with Crippen molar-refractivity contribution >= 4 is 23.2 Å². The lowest BCUT2D eigenvalue weighted by Gasteiger charge is -2.19. The van der Waals surface area contributed by atoms with E-state index in [0.717, 1.165) is 19.6 Å². The standard InChI is InChI=1S/C20H23ClN2O4/c1-3-23(4-2)9-10-25-17-8-6-5-7-16(17)22-20(24)14-11-15(21)19-18(12-14)26-13-27-19/h5-8,11-12H,3-4,9-10,13H2,1-2H3,(H,22,24). The van der Waals surface area contributed by atoms with E-state index in [0.29, 0.717) is 40.1 Å². The van der Waals surface area contributed by atoms with E-state index in [1.165, 1.54) is 0 Å². The molecule has 144 valence electrons. The number of hydrogen-bond donors (Lipinski definition) is 1. The number of likely N-dealkylation sites (N-methyl/N-ethyl adjacent to an activating group) is 1. The molecule has 6 nitrogen and oxygen atoms in total. The Balaban J connectivity index is 1.69. The van der Waals surface area contributed by atoms with Crippen molar-refractivity contribution in [2.45, 2.75) is 13.8 Å². The number of nitrogens with one attached hydrogen (secondary N) is 1. The average molecular weight is 391 g/mol. The van der Waals surface area contributed by atoms with E-state index < -0.39 is 0 Å². The Morgan fingerprint density at radius 3 is 2.78 bits per heavy atom. The molecule has 7 heteroatoms. The Morgan fingerprint density at radius 1 is 1.22 bits per heavy atom. The van der Waals surface area contributed by atoms with Gasteiger partial charge in [-0.1, -0.05) is 37.6 Å². The number of carbonyl (C=O) groups excluding carboxylic acids is 1. The van der Waals surface area contributed by atoms with E-state index in [2.05, 4.69) is 24.1 Å². The fraction of sp³-hybridized carbons (Fsp3) is 0.350. The van der Waals surface area contributed by atoms with E-state index in [9.17, 15) is 4.79 Å². The van der Waals surface area contributed by atoms with Crippen LogP contribution in [0.1, 0.15) is 24.2 Å². The maximum Gasteiger partial charge on any atom is 0.255 e. The minimum atomic E-state index is -0.296. The quantitative estimate of drug-likeness (QED) is 0.737. The molecule has 0 atom stereocenters. The first-order valence-electron chi connectivity index (χ1n) is 8.97. The highest BCUT2D eigenvalue weighted by molar-refractivity contribution is 6.32. The van der Waals surface area contributed by atoms with Crippen molar-refractivity contribution in [1.29, 1.82) is 0 Å². The van der Waals surface area contributed by atoms with Crippen LogP contribution in [0.4, 0.5) is 5.69 Å². The first-order chi connectivity index (χ1) is 13.1. The lowest BCUT2D eigenvalue weighted by atomic mass is 10.1. The molecule has 1 aliphatic heterocycles. The number of amides is 1. The minimum absolute atomic E-state index is 0.101. The fourth-order valence-electron chi connectivity index (χ4n) is 2.81. The van der Waals surface area contributed by atoms with E-state index in [1.807, 2.05) is 18.2 Å². The molecular formula is C20H23ClN2O4. The Kier molecular flexibility index (Phi) is 6.42. The highest BCUT2D eigenvalue weighted by Crippen LogP contribution is 2.40. The van der Waals surface area contributed by atoms with Crippen LogP contribution >= 0.6 is 11.6 Å². The van der Waals surface area contributed by atoms with Gasteiger partial charge in [0.15, 0.2) is 11.5 Å². The smallest absolute Gasteiger partial charge is 0.255 e. The van der Waals surface area contributed by atoms with Crippen LogP contribution in [-0.4, -0.2) is 43.8 Å². The molecular weight excluding hydrogens is 368 g/mol. The lowest BCUT2D eigenvalue weighted by molar-refractivity contribution is 0.102. The SMILES string of the molecule is CCN(CC)CCOc1ccccc1NC(=O)c1cc(Cl)c2c(c1)OCO2. The number of fused-ring (bicyclic) bond motifs is 1. The van der Waals surface area contributed by atoms with Crippen molar-refractivity contribution in [2.24, 2.45) is 0 Å². The second kappa shape index (κ2) is 8.97. The summed E-state index contributed by atoms with van der Waals surface area (Å²) >= 11 is 6.16.